The first-order valence-electron chi connectivity index (χ1n) is 20.8. The van der Waals surface area contributed by atoms with Crippen molar-refractivity contribution in [2.24, 2.45) is 0 Å². The molecule has 0 fully saturated rings. The van der Waals surface area contributed by atoms with Crippen LogP contribution in [0, 0.1) is 0 Å². The third-order valence-electron chi connectivity index (χ3n) is 12.3. The van der Waals surface area contributed by atoms with E-state index < -0.39 is 0 Å². The average molecular weight is 792 g/mol. The smallest absolute Gasteiger partial charge is 0.167 e. The summed E-state index contributed by atoms with van der Waals surface area (Å²) in [5, 5.41) is 11.1. The standard InChI is InChI=1S/C57H33N3O2/c1-2-14-36-32-38(27-26-34(36)12-1)55-58-56(60-57(59-55)49-23-10-22-46-44-19-7-8-24-50(44)62-54(46)49)47-31-30-43(41-17-5-6-18-42(41)47)45-21-11-25-51-53(45)48-29-28-37(33-52(48)61-51)40-20-9-15-35-13-3-4-16-39(35)40/h1-33H. The topological polar surface area (TPSA) is 65.0 Å². The van der Waals surface area contributed by atoms with Crippen LogP contribution < -0.4 is 0 Å². The third kappa shape index (κ3) is 5.38. The van der Waals surface area contributed by atoms with Crippen LogP contribution in [-0.2, 0) is 0 Å². The zero-order valence-electron chi connectivity index (χ0n) is 33.2. The summed E-state index contributed by atoms with van der Waals surface area (Å²) < 4.78 is 13.2. The highest BCUT2D eigenvalue weighted by Gasteiger charge is 2.21. The summed E-state index contributed by atoms with van der Waals surface area (Å²) in [6, 6.07) is 69.9. The highest BCUT2D eigenvalue weighted by Crippen LogP contribution is 2.43. The van der Waals surface area contributed by atoms with Gasteiger partial charge in [-0.15, -0.1) is 0 Å². The van der Waals surface area contributed by atoms with Crippen LogP contribution >= 0.6 is 0 Å². The second kappa shape index (κ2) is 13.6. The maximum Gasteiger partial charge on any atom is 0.167 e. The molecule has 5 nitrogen and oxygen atoms in total. The van der Waals surface area contributed by atoms with Crippen LogP contribution in [0.1, 0.15) is 0 Å². The van der Waals surface area contributed by atoms with Crippen molar-refractivity contribution in [1.82, 2.24) is 15.0 Å². The Morgan fingerprint density at radius 3 is 1.76 bits per heavy atom. The predicted molar refractivity (Wildman–Crippen MR) is 254 cm³/mol. The van der Waals surface area contributed by atoms with E-state index in [9.17, 15) is 0 Å². The second-order valence-corrected chi connectivity index (χ2v) is 15.9. The molecule has 62 heavy (non-hydrogen) atoms. The molecule has 13 aromatic rings. The Morgan fingerprint density at radius 1 is 0.274 bits per heavy atom. The molecule has 0 aliphatic heterocycles. The van der Waals surface area contributed by atoms with E-state index >= 15 is 0 Å². The van der Waals surface area contributed by atoms with Crippen molar-refractivity contribution in [2.75, 3.05) is 0 Å². The van der Waals surface area contributed by atoms with E-state index in [-0.39, 0.29) is 0 Å². The fraction of sp³-hybridized carbons (Fsp3) is 0. The molecule has 0 aliphatic carbocycles. The molecule has 0 radical (unpaired) electrons. The highest BCUT2D eigenvalue weighted by molar-refractivity contribution is 6.17. The number of hydrogen-bond acceptors (Lipinski definition) is 5. The van der Waals surface area contributed by atoms with Gasteiger partial charge in [-0.3, -0.25) is 0 Å². The number of para-hydroxylation sites is 2. The Hall–Kier alpha value is -8.41. The lowest BCUT2D eigenvalue weighted by Gasteiger charge is -2.14. The molecular formula is C57H33N3O2. The van der Waals surface area contributed by atoms with Gasteiger partial charge in [0, 0.05) is 32.7 Å². The molecule has 0 amide bonds. The van der Waals surface area contributed by atoms with Gasteiger partial charge in [-0.05, 0) is 97.0 Å². The third-order valence-corrected chi connectivity index (χ3v) is 12.3. The van der Waals surface area contributed by atoms with Gasteiger partial charge in [-0.2, -0.15) is 0 Å². The first-order valence-corrected chi connectivity index (χ1v) is 20.8. The summed E-state index contributed by atoms with van der Waals surface area (Å²) in [4.78, 5) is 15.7. The summed E-state index contributed by atoms with van der Waals surface area (Å²) in [5.41, 5.74) is 10.4. The molecule has 3 aromatic heterocycles. The molecule has 0 N–H and O–H groups in total. The van der Waals surface area contributed by atoms with E-state index in [1.54, 1.807) is 0 Å². The van der Waals surface area contributed by atoms with Gasteiger partial charge in [0.15, 0.2) is 17.5 Å². The van der Waals surface area contributed by atoms with Crippen molar-refractivity contribution in [2.45, 2.75) is 0 Å². The molecule has 0 unspecified atom stereocenters. The normalized spacial score (nSPS) is 11.9. The number of nitrogens with zero attached hydrogens (tertiary/aromatic N) is 3. The lowest BCUT2D eigenvalue weighted by Crippen LogP contribution is -2.01. The first kappa shape index (κ1) is 34.5. The predicted octanol–water partition coefficient (Wildman–Crippen LogP) is 15.5. The minimum Gasteiger partial charge on any atom is -0.456 e. The minimum atomic E-state index is 0.550. The van der Waals surface area contributed by atoms with E-state index in [2.05, 4.69) is 170 Å². The molecule has 0 aliphatic rings. The van der Waals surface area contributed by atoms with Gasteiger partial charge in [0.2, 0.25) is 0 Å². The van der Waals surface area contributed by atoms with Gasteiger partial charge in [0.05, 0.1) is 5.56 Å². The van der Waals surface area contributed by atoms with Crippen molar-refractivity contribution in [1.29, 1.82) is 0 Å². The van der Waals surface area contributed by atoms with Crippen LogP contribution in [-0.4, -0.2) is 15.0 Å². The average Bonchev–Trinajstić information content (AvgIpc) is 3.91. The van der Waals surface area contributed by atoms with Crippen LogP contribution in [0.4, 0.5) is 0 Å². The molecule has 0 saturated heterocycles. The molecule has 288 valence electrons. The maximum absolute atomic E-state index is 6.65. The van der Waals surface area contributed by atoms with E-state index in [1.807, 2.05) is 30.3 Å². The fourth-order valence-corrected chi connectivity index (χ4v) is 9.42. The molecule has 0 spiro atoms. The summed E-state index contributed by atoms with van der Waals surface area (Å²) in [5.74, 6) is 1.73. The zero-order chi connectivity index (χ0) is 40.7. The number of rotatable bonds is 5. The number of hydrogen-bond donors (Lipinski definition) is 0. The van der Waals surface area contributed by atoms with Crippen molar-refractivity contribution in [3.63, 3.8) is 0 Å². The van der Waals surface area contributed by atoms with Crippen LogP contribution in [0.2, 0.25) is 0 Å². The Morgan fingerprint density at radius 2 is 0.871 bits per heavy atom. The van der Waals surface area contributed by atoms with Crippen molar-refractivity contribution in [3.05, 3.63) is 200 Å². The lowest BCUT2D eigenvalue weighted by molar-refractivity contribution is 0.669. The van der Waals surface area contributed by atoms with Crippen LogP contribution in [0.15, 0.2) is 209 Å². The molecular weight excluding hydrogens is 759 g/mol. The molecule has 3 heterocycles. The SMILES string of the molecule is c1ccc2cc(-c3nc(-c4ccc(-c5cccc6oc7cc(-c8cccc9ccccc89)ccc7c56)c5ccccc45)nc(-c4cccc5c4oc4ccccc45)n3)ccc2c1. The quantitative estimate of drug-likeness (QED) is 0.174. The van der Waals surface area contributed by atoms with E-state index in [4.69, 9.17) is 23.8 Å². The first-order chi connectivity index (χ1) is 30.7. The van der Waals surface area contributed by atoms with Crippen molar-refractivity contribution in [3.8, 4) is 56.4 Å². The molecule has 0 bridgehead atoms. The molecule has 0 saturated carbocycles. The molecule has 13 rings (SSSR count). The van der Waals surface area contributed by atoms with Crippen LogP contribution in [0.5, 0.6) is 0 Å². The second-order valence-electron chi connectivity index (χ2n) is 15.9. The van der Waals surface area contributed by atoms with E-state index in [1.165, 1.54) is 16.3 Å². The van der Waals surface area contributed by atoms with Crippen LogP contribution in [0.25, 0.3) is 133 Å². The number of aromatic nitrogens is 3. The Bertz CT molecular complexity index is 3950. The van der Waals surface area contributed by atoms with Gasteiger partial charge in [0.1, 0.15) is 22.3 Å². The Kier molecular flexibility index (Phi) is 7.54. The minimum absolute atomic E-state index is 0.550. The molecule has 10 aromatic carbocycles. The van der Waals surface area contributed by atoms with Crippen molar-refractivity contribution >= 4 is 76.2 Å². The number of furan rings is 2. The van der Waals surface area contributed by atoms with E-state index in [0.29, 0.717) is 17.5 Å². The van der Waals surface area contributed by atoms with Gasteiger partial charge in [-0.25, -0.2) is 15.0 Å². The Labute approximate surface area is 355 Å². The lowest BCUT2D eigenvalue weighted by atomic mass is 9.92. The van der Waals surface area contributed by atoms with Crippen molar-refractivity contribution < 1.29 is 8.83 Å². The molecule has 0 atom stereocenters. The monoisotopic (exact) mass is 791 g/mol. The van der Waals surface area contributed by atoms with Gasteiger partial charge < -0.3 is 8.83 Å². The largest absolute Gasteiger partial charge is 0.456 e. The van der Waals surface area contributed by atoms with Crippen LogP contribution in [0.3, 0.4) is 0 Å². The van der Waals surface area contributed by atoms with Gasteiger partial charge in [0.25, 0.3) is 0 Å². The summed E-state index contributed by atoms with van der Waals surface area (Å²) >= 11 is 0. The zero-order valence-corrected chi connectivity index (χ0v) is 33.2. The molecule has 5 heteroatoms. The van der Waals surface area contributed by atoms with Gasteiger partial charge in [-0.1, -0.05) is 158 Å². The highest BCUT2D eigenvalue weighted by atomic mass is 16.3. The maximum atomic E-state index is 6.65. The van der Waals surface area contributed by atoms with Gasteiger partial charge >= 0.3 is 0 Å². The van der Waals surface area contributed by atoms with E-state index in [0.717, 1.165) is 98.8 Å². The summed E-state index contributed by atoms with van der Waals surface area (Å²) in [7, 11) is 0. The number of fused-ring (bicyclic) bond motifs is 9. The number of benzene rings is 10. The fourth-order valence-electron chi connectivity index (χ4n) is 9.42. The summed E-state index contributed by atoms with van der Waals surface area (Å²) in [6.45, 7) is 0. The summed E-state index contributed by atoms with van der Waals surface area (Å²) in [6.07, 6.45) is 0. The Balaban J connectivity index is 0.997.